The van der Waals surface area contributed by atoms with E-state index < -0.39 is 0 Å². The molecule has 0 fully saturated rings. The summed E-state index contributed by atoms with van der Waals surface area (Å²) in [5, 5.41) is 6.38. The number of aromatic amines is 1. The Morgan fingerprint density at radius 1 is 1.46 bits per heavy atom. The zero-order chi connectivity index (χ0) is 9.10. The quantitative estimate of drug-likeness (QED) is 0.746. The predicted molar refractivity (Wildman–Crippen MR) is 47.2 cm³/mol. The van der Waals surface area contributed by atoms with Crippen LogP contribution in [0.2, 0.25) is 0 Å². The van der Waals surface area contributed by atoms with Gasteiger partial charge in [0, 0.05) is 5.56 Å². The third-order valence-corrected chi connectivity index (χ3v) is 1.72. The van der Waals surface area contributed by atoms with E-state index in [2.05, 4.69) is 21.5 Å². The van der Waals surface area contributed by atoms with Crippen molar-refractivity contribution in [1.29, 1.82) is 0 Å². The van der Waals surface area contributed by atoms with E-state index in [1.165, 1.54) is 0 Å². The van der Waals surface area contributed by atoms with E-state index in [0.717, 1.165) is 11.3 Å². The van der Waals surface area contributed by atoms with Crippen molar-refractivity contribution >= 4 is 0 Å². The van der Waals surface area contributed by atoms with Crippen LogP contribution in [0, 0.1) is 6.33 Å². The Hall–Kier alpha value is -1.84. The maximum absolute atomic E-state index is 5.08. The van der Waals surface area contributed by atoms with Crippen LogP contribution < -0.4 is 4.74 Å². The van der Waals surface area contributed by atoms with E-state index in [-0.39, 0.29) is 0 Å². The number of nitrogens with zero attached hydrogens (tertiary/aromatic N) is 2. The Bertz CT molecular complexity index is 384. The van der Waals surface area contributed by atoms with E-state index in [1.54, 1.807) is 7.11 Å². The SMILES string of the molecule is COc1cccc(-c2n[c]n[nH]2)c1. The average molecular weight is 174 g/mol. The minimum atomic E-state index is 0.693. The Balaban J connectivity index is 2.41. The molecule has 1 aromatic carbocycles. The molecule has 0 amide bonds. The van der Waals surface area contributed by atoms with Crippen LogP contribution in [-0.4, -0.2) is 22.3 Å². The Morgan fingerprint density at radius 3 is 3.08 bits per heavy atom. The minimum absolute atomic E-state index is 0.693. The highest BCUT2D eigenvalue weighted by molar-refractivity contribution is 5.56. The topological polar surface area (TPSA) is 50.8 Å². The van der Waals surface area contributed by atoms with Crippen molar-refractivity contribution in [3.63, 3.8) is 0 Å². The normalized spacial score (nSPS) is 9.92. The van der Waals surface area contributed by atoms with E-state index in [0.29, 0.717) is 5.82 Å². The van der Waals surface area contributed by atoms with Crippen molar-refractivity contribution in [3.05, 3.63) is 30.6 Å². The second-order valence-corrected chi connectivity index (χ2v) is 2.52. The molecule has 0 bridgehead atoms. The van der Waals surface area contributed by atoms with Gasteiger partial charge < -0.3 is 4.74 Å². The number of benzene rings is 1. The molecule has 2 rings (SSSR count). The highest BCUT2D eigenvalue weighted by Crippen LogP contribution is 2.19. The van der Waals surface area contributed by atoms with Crippen LogP contribution in [0.4, 0.5) is 0 Å². The summed E-state index contributed by atoms with van der Waals surface area (Å²) in [6.45, 7) is 0. The maximum atomic E-state index is 5.08. The Morgan fingerprint density at radius 2 is 2.38 bits per heavy atom. The lowest BCUT2D eigenvalue weighted by Crippen LogP contribution is -1.84. The molecule has 0 saturated carbocycles. The summed E-state index contributed by atoms with van der Waals surface area (Å²) in [7, 11) is 1.63. The third kappa shape index (κ3) is 1.51. The first-order valence-electron chi connectivity index (χ1n) is 3.83. The first kappa shape index (κ1) is 7.79. The molecule has 0 unspecified atom stereocenters. The van der Waals surface area contributed by atoms with Crippen LogP contribution in [0.3, 0.4) is 0 Å². The molecule has 0 aliphatic carbocycles. The summed E-state index contributed by atoms with van der Waals surface area (Å²) in [5.41, 5.74) is 0.938. The molecule has 0 atom stereocenters. The molecule has 65 valence electrons. The number of nitrogens with one attached hydrogen (secondary N) is 1. The van der Waals surface area contributed by atoms with Gasteiger partial charge in [-0.25, -0.2) is 4.98 Å². The zero-order valence-electron chi connectivity index (χ0n) is 7.11. The van der Waals surface area contributed by atoms with Crippen LogP contribution in [-0.2, 0) is 0 Å². The summed E-state index contributed by atoms with van der Waals surface area (Å²) >= 11 is 0. The second-order valence-electron chi connectivity index (χ2n) is 2.52. The van der Waals surface area contributed by atoms with Crippen molar-refractivity contribution in [3.8, 4) is 17.1 Å². The average Bonchev–Trinajstić information content (AvgIpc) is 2.71. The fourth-order valence-electron chi connectivity index (χ4n) is 1.08. The number of hydrogen-bond donors (Lipinski definition) is 1. The number of aromatic nitrogens is 3. The Labute approximate surface area is 75.6 Å². The van der Waals surface area contributed by atoms with Crippen molar-refractivity contribution in [2.24, 2.45) is 0 Å². The highest BCUT2D eigenvalue weighted by atomic mass is 16.5. The standard InChI is InChI=1S/C9H8N3O/c1-13-8-4-2-3-7(5-8)9-10-6-11-12-9/h2-5H,1H3,(H,10,11,12). The number of rotatable bonds is 2. The smallest absolute Gasteiger partial charge is 0.221 e. The third-order valence-electron chi connectivity index (χ3n) is 1.72. The van der Waals surface area contributed by atoms with Gasteiger partial charge in [-0.2, -0.15) is 0 Å². The molecule has 1 N–H and O–H groups in total. The highest BCUT2D eigenvalue weighted by Gasteiger charge is 2.00. The predicted octanol–water partition coefficient (Wildman–Crippen LogP) is 1.28. The number of H-pyrrole nitrogens is 1. The monoisotopic (exact) mass is 174 g/mol. The maximum Gasteiger partial charge on any atom is 0.221 e. The van der Waals surface area contributed by atoms with Gasteiger partial charge in [0.05, 0.1) is 7.11 Å². The molecule has 0 aliphatic heterocycles. The summed E-state index contributed by atoms with van der Waals surface area (Å²) < 4.78 is 5.08. The van der Waals surface area contributed by atoms with Gasteiger partial charge in [0.25, 0.3) is 0 Å². The largest absolute Gasteiger partial charge is 0.497 e. The van der Waals surface area contributed by atoms with Gasteiger partial charge in [-0.1, -0.05) is 12.1 Å². The lowest BCUT2D eigenvalue weighted by Gasteiger charge is -2.00. The van der Waals surface area contributed by atoms with E-state index >= 15 is 0 Å². The number of ether oxygens (including phenoxy) is 1. The van der Waals surface area contributed by atoms with Gasteiger partial charge >= 0.3 is 0 Å². The number of hydrogen-bond acceptors (Lipinski definition) is 3. The molecule has 1 aromatic heterocycles. The van der Waals surface area contributed by atoms with Crippen LogP contribution in [0.5, 0.6) is 5.75 Å². The first-order chi connectivity index (χ1) is 6.40. The molecule has 0 saturated heterocycles. The second kappa shape index (κ2) is 3.26. The van der Waals surface area contributed by atoms with Gasteiger partial charge in [0.2, 0.25) is 6.33 Å². The molecule has 0 spiro atoms. The van der Waals surface area contributed by atoms with E-state index in [1.807, 2.05) is 24.3 Å². The van der Waals surface area contributed by atoms with Gasteiger partial charge in [0.1, 0.15) is 5.75 Å². The zero-order valence-corrected chi connectivity index (χ0v) is 7.11. The molecule has 4 heteroatoms. The summed E-state index contributed by atoms with van der Waals surface area (Å²) in [4.78, 5) is 3.91. The van der Waals surface area contributed by atoms with Crippen molar-refractivity contribution < 1.29 is 4.74 Å². The number of methoxy groups -OCH3 is 1. The van der Waals surface area contributed by atoms with Crippen LogP contribution in [0.1, 0.15) is 0 Å². The van der Waals surface area contributed by atoms with Gasteiger partial charge in [-0.05, 0) is 12.1 Å². The molecule has 2 aromatic rings. The summed E-state index contributed by atoms with van der Waals surface area (Å²) in [6, 6.07) is 7.59. The fourth-order valence-corrected chi connectivity index (χ4v) is 1.08. The molecule has 0 aliphatic rings. The minimum Gasteiger partial charge on any atom is -0.497 e. The lowest BCUT2D eigenvalue weighted by atomic mass is 10.2. The van der Waals surface area contributed by atoms with Gasteiger partial charge in [-0.15, -0.1) is 5.10 Å². The van der Waals surface area contributed by atoms with Crippen LogP contribution in [0.25, 0.3) is 11.4 Å². The van der Waals surface area contributed by atoms with Crippen molar-refractivity contribution in [2.75, 3.05) is 7.11 Å². The van der Waals surface area contributed by atoms with Crippen molar-refractivity contribution in [2.45, 2.75) is 0 Å². The van der Waals surface area contributed by atoms with Gasteiger partial charge in [0.15, 0.2) is 5.82 Å². The fraction of sp³-hybridized carbons (Fsp3) is 0.111. The summed E-state index contributed by atoms with van der Waals surface area (Å²) in [5.74, 6) is 1.49. The summed E-state index contributed by atoms with van der Waals surface area (Å²) in [6.07, 6.45) is 2.47. The molecule has 4 nitrogen and oxygen atoms in total. The van der Waals surface area contributed by atoms with Crippen LogP contribution >= 0.6 is 0 Å². The molecule has 13 heavy (non-hydrogen) atoms. The van der Waals surface area contributed by atoms with Gasteiger partial charge in [-0.3, -0.25) is 5.10 Å². The van der Waals surface area contributed by atoms with Crippen molar-refractivity contribution in [1.82, 2.24) is 15.2 Å². The molecule has 1 heterocycles. The van der Waals surface area contributed by atoms with E-state index in [9.17, 15) is 0 Å². The molecular weight excluding hydrogens is 166 g/mol. The Kier molecular flexibility index (Phi) is 1.96. The van der Waals surface area contributed by atoms with E-state index in [4.69, 9.17) is 4.74 Å². The first-order valence-corrected chi connectivity index (χ1v) is 3.83. The van der Waals surface area contributed by atoms with Crippen LogP contribution in [0.15, 0.2) is 24.3 Å². The molecule has 1 radical (unpaired) electrons. The molecular formula is C9H8N3O. The lowest BCUT2D eigenvalue weighted by molar-refractivity contribution is 0.415.